The minimum atomic E-state index is -1.19. The summed E-state index contributed by atoms with van der Waals surface area (Å²) in [5, 5.41) is 0. The molecule has 136 valence electrons. The lowest BCUT2D eigenvalue weighted by atomic mass is 9.88. The number of benzene rings is 2. The number of ketones is 1. The van der Waals surface area contributed by atoms with Crippen LogP contribution in [0, 0.1) is 23.4 Å². The molecule has 0 radical (unpaired) electrons. The predicted octanol–water partition coefficient (Wildman–Crippen LogP) is 4.60. The van der Waals surface area contributed by atoms with Gasteiger partial charge in [-0.1, -0.05) is 22.0 Å². The molecule has 0 spiro atoms. The van der Waals surface area contributed by atoms with Gasteiger partial charge in [0.15, 0.2) is 5.78 Å². The Hall–Kier alpha value is -2.15. The van der Waals surface area contributed by atoms with Crippen LogP contribution >= 0.6 is 15.9 Å². The summed E-state index contributed by atoms with van der Waals surface area (Å²) >= 11 is 3.31. The van der Waals surface area contributed by atoms with Gasteiger partial charge in [-0.25, -0.2) is 13.2 Å². The fourth-order valence-electron chi connectivity index (χ4n) is 3.13. The molecular weight excluding hydrogens is 411 g/mol. The van der Waals surface area contributed by atoms with Crippen LogP contribution in [0.4, 0.5) is 13.2 Å². The van der Waals surface area contributed by atoms with Gasteiger partial charge in [0.05, 0.1) is 5.56 Å². The number of halogens is 4. The Morgan fingerprint density at radius 3 is 2.19 bits per heavy atom. The maximum atomic E-state index is 13.8. The number of hydrogen-bond acceptors (Lipinski definition) is 2. The Morgan fingerprint density at radius 2 is 1.62 bits per heavy atom. The van der Waals surface area contributed by atoms with Gasteiger partial charge in [-0.05, 0) is 31.0 Å². The van der Waals surface area contributed by atoms with E-state index in [0.717, 1.165) is 4.47 Å². The first-order valence-corrected chi connectivity index (χ1v) is 8.89. The molecule has 0 saturated carbocycles. The molecule has 1 aliphatic rings. The maximum absolute atomic E-state index is 13.8. The number of carbonyl (C=O) groups is 2. The van der Waals surface area contributed by atoms with Crippen LogP contribution < -0.4 is 0 Å². The van der Waals surface area contributed by atoms with Gasteiger partial charge >= 0.3 is 0 Å². The van der Waals surface area contributed by atoms with Crippen LogP contribution in [0.25, 0.3) is 0 Å². The molecule has 1 heterocycles. The van der Waals surface area contributed by atoms with Crippen LogP contribution in [0.2, 0.25) is 0 Å². The van der Waals surface area contributed by atoms with Crippen LogP contribution in [-0.4, -0.2) is 29.7 Å². The molecule has 1 amide bonds. The van der Waals surface area contributed by atoms with Gasteiger partial charge in [-0.3, -0.25) is 9.59 Å². The van der Waals surface area contributed by atoms with E-state index in [0.29, 0.717) is 43.6 Å². The molecule has 26 heavy (non-hydrogen) atoms. The molecule has 3 rings (SSSR count). The third kappa shape index (κ3) is 3.82. The van der Waals surface area contributed by atoms with Gasteiger partial charge < -0.3 is 4.90 Å². The maximum Gasteiger partial charge on any atom is 0.253 e. The molecule has 7 heteroatoms. The third-order valence-electron chi connectivity index (χ3n) is 4.48. The third-order valence-corrected chi connectivity index (χ3v) is 4.97. The monoisotopic (exact) mass is 425 g/mol. The van der Waals surface area contributed by atoms with E-state index >= 15 is 0 Å². The largest absolute Gasteiger partial charge is 0.339 e. The summed E-state index contributed by atoms with van der Waals surface area (Å²) < 4.78 is 41.4. The van der Waals surface area contributed by atoms with Crippen molar-refractivity contribution >= 4 is 27.6 Å². The number of rotatable bonds is 3. The second-order valence-electron chi connectivity index (χ2n) is 6.19. The summed E-state index contributed by atoms with van der Waals surface area (Å²) in [4.78, 5) is 26.5. The lowest BCUT2D eigenvalue weighted by Crippen LogP contribution is -2.40. The zero-order valence-corrected chi connectivity index (χ0v) is 15.2. The number of likely N-dealkylation sites (tertiary alicyclic amines) is 1. The van der Waals surface area contributed by atoms with Crippen molar-refractivity contribution in [1.29, 1.82) is 0 Å². The van der Waals surface area contributed by atoms with Crippen molar-refractivity contribution < 1.29 is 22.8 Å². The molecular formula is C19H15BrF3NO2. The first-order valence-electron chi connectivity index (χ1n) is 8.10. The van der Waals surface area contributed by atoms with E-state index in [1.807, 2.05) is 6.07 Å². The van der Waals surface area contributed by atoms with Gasteiger partial charge in [0.1, 0.15) is 17.5 Å². The van der Waals surface area contributed by atoms with Crippen molar-refractivity contribution in [3.8, 4) is 0 Å². The molecule has 1 fully saturated rings. The lowest BCUT2D eigenvalue weighted by molar-refractivity contribution is 0.0647. The van der Waals surface area contributed by atoms with Gasteiger partial charge in [0.25, 0.3) is 5.91 Å². The van der Waals surface area contributed by atoms with Crippen molar-refractivity contribution in [2.24, 2.45) is 5.92 Å². The summed E-state index contributed by atoms with van der Waals surface area (Å²) in [6.45, 7) is 0.623. The molecule has 1 aliphatic heterocycles. The molecule has 2 aromatic carbocycles. The van der Waals surface area contributed by atoms with E-state index in [4.69, 9.17) is 0 Å². The molecule has 2 aromatic rings. The Morgan fingerprint density at radius 1 is 1.00 bits per heavy atom. The van der Waals surface area contributed by atoms with Crippen LogP contribution in [-0.2, 0) is 0 Å². The van der Waals surface area contributed by atoms with E-state index in [2.05, 4.69) is 15.9 Å². The second kappa shape index (κ2) is 7.61. The predicted molar refractivity (Wildman–Crippen MR) is 93.4 cm³/mol. The molecule has 0 unspecified atom stereocenters. The summed E-state index contributed by atoms with van der Waals surface area (Å²) in [6.07, 6.45) is 0.601. The van der Waals surface area contributed by atoms with Gasteiger partial charge in [-0.2, -0.15) is 0 Å². The first-order chi connectivity index (χ1) is 12.4. The van der Waals surface area contributed by atoms with E-state index in [9.17, 15) is 22.8 Å². The number of carbonyl (C=O) groups excluding carboxylic acids is 2. The summed E-state index contributed by atoms with van der Waals surface area (Å²) in [6, 6.07) is 7.99. The fraction of sp³-hybridized carbons (Fsp3) is 0.263. The second-order valence-corrected chi connectivity index (χ2v) is 7.10. The van der Waals surface area contributed by atoms with E-state index in [1.165, 1.54) is 0 Å². The van der Waals surface area contributed by atoms with Crippen LogP contribution in [0.3, 0.4) is 0 Å². The smallest absolute Gasteiger partial charge is 0.253 e. The molecule has 0 bridgehead atoms. The molecule has 0 aliphatic carbocycles. The van der Waals surface area contributed by atoms with Crippen LogP contribution in [0.15, 0.2) is 40.9 Å². The molecule has 3 nitrogen and oxygen atoms in total. The van der Waals surface area contributed by atoms with Crippen molar-refractivity contribution in [1.82, 2.24) is 4.90 Å². The van der Waals surface area contributed by atoms with Gasteiger partial charge in [0.2, 0.25) is 0 Å². The molecule has 0 aromatic heterocycles. The highest BCUT2D eigenvalue weighted by molar-refractivity contribution is 9.10. The zero-order valence-electron chi connectivity index (χ0n) is 13.6. The van der Waals surface area contributed by atoms with Crippen molar-refractivity contribution in [2.75, 3.05) is 13.1 Å². The highest BCUT2D eigenvalue weighted by atomic mass is 79.9. The molecule has 1 saturated heterocycles. The Bertz CT molecular complexity index is 841. The summed E-state index contributed by atoms with van der Waals surface area (Å²) in [5.41, 5.74) is -0.178. The number of amides is 1. The minimum absolute atomic E-state index is 0.156. The van der Waals surface area contributed by atoms with Crippen molar-refractivity contribution in [3.63, 3.8) is 0 Å². The number of nitrogens with zero attached hydrogens (tertiary/aromatic N) is 1. The average molecular weight is 426 g/mol. The topological polar surface area (TPSA) is 37.4 Å². The van der Waals surface area contributed by atoms with Gasteiger partial charge in [-0.15, -0.1) is 0 Å². The summed E-state index contributed by atoms with van der Waals surface area (Å²) in [5.74, 6) is -4.90. The minimum Gasteiger partial charge on any atom is -0.339 e. The van der Waals surface area contributed by atoms with E-state index in [-0.39, 0.29) is 5.91 Å². The zero-order chi connectivity index (χ0) is 18.8. The SMILES string of the molecule is O=C(c1c(F)cc(F)cc1F)C1CCN(C(=O)c2cccc(Br)c2)CC1. The quantitative estimate of drug-likeness (QED) is 0.673. The first kappa shape index (κ1) is 18.6. The number of Topliss-reactive ketones (excluding diaryl/α,β-unsaturated/α-hetero) is 1. The Kier molecular flexibility index (Phi) is 5.46. The summed E-state index contributed by atoms with van der Waals surface area (Å²) in [7, 11) is 0. The highest BCUT2D eigenvalue weighted by Crippen LogP contribution is 2.26. The van der Waals surface area contributed by atoms with Crippen molar-refractivity contribution in [3.05, 3.63) is 69.4 Å². The molecule has 0 atom stereocenters. The number of piperidine rings is 1. The lowest BCUT2D eigenvalue weighted by Gasteiger charge is -2.31. The van der Waals surface area contributed by atoms with Gasteiger partial charge in [0, 0.05) is 41.2 Å². The van der Waals surface area contributed by atoms with E-state index < -0.39 is 34.7 Å². The molecule has 0 N–H and O–H groups in total. The fourth-order valence-corrected chi connectivity index (χ4v) is 3.53. The van der Waals surface area contributed by atoms with Crippen LogP contribution in [0.5, 0.6) is 0 Å². The average Bonchev–Trinajstić information content (AvgIpc) is 2.60. The standard InChI is InChI=1S/C19H15BrF3NO2/c20-13-3-1-2-12(8-13)19(26)24-6-4-11(5-7-24)18(25)17-15(22)9-14(21)10-16(17)23/h1-3,8-11H,4-7H2. The van der Waals surface area contributed by atoms with Crippen molar-refractivity contribution in [2.45, 2.75) is 12.8 Å². The highest BCUT2D eigenvalue weighted by Gasteiger charge is 2.31. The van der Waals surface area contributed by atoms with Crippen LogP contribution in [0.1, 0.15) is 33.6 Å². The Labute approximate surface area is 156 Å². The normalized spacial score (nSPS) is 15.2. The van der Waals surface area contributed by atoms with E-state index in [1.54, 1.807) is 23.1 Å². The Balaban J connectivity index is 1.69. The number of hydrogen-bond donors (Lipinski definition) is 0.